The second-order valence-corrected chi connectivity index (χ2v) is 5.74. The van der Waals surface area contributed by atoms with E-state index in [9.17, 15) is 14.4 Å². The molecule has 0 aromatic carbocycles. The van der Waals surface area contributed by atoms with Gasteiger partial charge in [0.15, 0.2) is 0 Å². The molecule has 2 rings (SSSR count). The van der Waals surface area contributed by atoms with Crippen LogP contribution in [0.3, 0.4) is 0 Å². The molecule has 1 heterocycles. The highest BCUT2D eigenvalue weighted by Gasteiger charge is 2.31. The zero-order valence-corrected chi connectivity index (χ0v) is 11.5. The number of rotatable bonds is 5. The first-order valence-electron chi connectivity index (χ1n) is 6.30. The second kappa shape index (κ2) is 6.04. The Morgan fingerprint density at radius 1 is 1.40 bits per heavy atom. The number of hydrogen-bond donors (Lipinski definition) is 3. The van der Waals surface area contributed by atoms with Crippen LogP contribution >= 0.6 is 11.3 Å². The lowest BCUT2D eigenvalue weighted by Crippen LogP contribution is -2.44. The number of aliphatic carboxylic acids is 2. The molecule has 1 aromatic heterocycles. The second-order valence-electron chi connectivity index (χ2n) is 4.74. The average molecular weight is 297 g/mol. The molecule has 2 atom stereocenters. The van der Waals surface area contributed by atoms with Crippen molar-refractivity contribution >= 4 is 29.2 Å². The Labute approximate surface area is 119 Å². The van der Waals surface area contributed by atoms with E-state index in [1.54, 1.807) is 11.3 Å². The van der Waals surface area contributed by atoms with E-state index in [4.69, 9.17) is 10.2 Å². The third-order valence-corrected chi connectivity index (χ3v) is 4.36. The third-order valence-electron chi connectivity index (χ3n) is 3.36. The van der Waals surface area contributed by atoms with Gasteiger partial charge in [0.05, 0.1) is 12.3 Å². The highest BCUT2D eigenvalue weighted by atomic mass is 32.1. The monoisotopic (exact) mass is 297 g/mol. The Morgan fingerprint density at radius 2 is 2.15 bits per heavy atom. The van der Waals surface area contributed by atoms with Gasteiger partial charge in [-0.3, -0.25) is 9.59 Å². The van der Waals surface area contributed by atoms with Gasteiger partial charge in [0.1, 0.15) is 6.04 Å². The normalized spacial score (nSPS) is 18.9. The number of fused-ring (bicyclic) bond motifs is 1. The standard InChI is InChI=1S/C13H15NO5S/c15-11(16)6-9(13(18)19)14-12(17)8-2-1-3-10-7(8)4-5-20-10/h4-5,8-9H,1-3,6H2,(H,14,17)(H,15,16)(H,18,19)/t8?,9-/m1/s1. The molecule has 20 heavy (non-hydrogen) atoms. The van der Waals surface area contributed by atoms with Crippen LogP contribution in [-0.2, 0) is 20.8 Å². The smallest absolute Gasteiger partial charge is 0.326 e. The lowest BCUT2D eigenvalue weighted by atomic mass is 9.87. The molecule has 7 heteroatoms. The van der Waals surface area contributed by atoms with Crippen LogP contribution in [0.15, 0.2) is 11.4 Å². The number of nitrogens with one attached hydrogen (secondary N) is 1. The molecule has 1 unspecified atom stereocenters. The molecule has 1 aromatic rings. The maximum absolute atomic E-state index is 12.2. The molecule has 1 amide bonds. The summed E-state index contributed by atoms with van der Waals surface area (Å²) in [5.74, 6) is -3.36. The molecule has 6 nitrogen and oxygen atoms in total. The first kappa shape index (κ1) is 14.5. The van der Waals surface area contributed by atoms with Crippen LogP contribution in [-0.4, -0.2) is 34.1 Å². The van der Waals surface area contributed by atoms with Gasteiger partial charge in [-0.1, -0.05) is 0 Å². The summed E-state index contributed by atoms with van der Waals surface area (Å²) >= 11 is 1.59. The summed E-state index contributed by atoms with van der Waals surface area (Å²) in [6.07, 6.45) is 1.86. The Morgan fingerprint density at radius 3 is 2.80 bits per heavy atom. The topological polar surface area (TPSA) is 104 Å². The van der Waals surface area contributed by atoms with Crippen LogP contribution in [0.1, 0.15) is 35.6 Å². The maximum Gasteiger partial charge on any atom is 0.326 e. The van der Waals surface area contributed by atoms with Gasteiger partial charge in [0.25, 0.3) is 0 Å². The molecule has 1 aliphatic rings. The Balaban J connectivity index is 2.09. The van der Waals surface area contributed by atoms with E-state index in [0.29, 0.717) is 6.42 Å². The first-order chi connectivity index (χ1) is 9.49. The van der Waals surface area contributed by atoms with Gasteiger partial charge < -0.3 is 15.5 Å². The summed E-state index contributed by atoms with van der Waals surface area (Å²) in [6.45, 7) is 0. The van der Waals surface area contributed by atoms with Gasteiger partial charge >= 0.3 is 11.9 Å². The minimum Gasteiger partial charge on any atom is -0.481 e. The molecule has 3 N–H and O–H groups in total. The van der Waals surface area contributed by atoms with Crippen molar-refractivity contribution < 1.29 is 24.6 Å². The highest BCUT2D eigenvalue weighted by molar-refractivity contribution is 7.10. The van der Waals surface area contributed by atoms with Gasteiger partial charge in [-0.05, 0) is 36.3 Å². The van der Waals surface area contributed by atoms with E-state index < -0.39 is 30.3 Å². The zero-order valence-electron chi connectivity index (χ0n) is 10.7. The van der Waals surface area contributed by atoms with Crippen LogP contribution in [0.5, 0.6) is 0 Å². The summed E-state index contributed by atoms with van der Waals surface area (Å²) in [5, 5.41) is 21.9. The summed E-state index contributed by atoms with van der Waals surface area (Å²) < 4.78 is 0. The maximum atomic E-state index is 12.2. The van der Waals surface area contributed by atoms with Crippen LogP contribution in [0.25, 0.3) is 0 Å². The lowest BCUT2D eigenvalue weighted by Gasteiger charge is -2.23. The summed E-state index contributed by atoms with van der Waals surface area (Å²) in [6, 6.07) is 0.500. The molecule has 108 valence electrons. The third kappa shape index (κ3) is 3.16. The van der Waals surface area contributed by atoms with Crippen molar-refractivity contribution in [1.29, 1.82) is 0 Å². The number of hydrogen-bond acceptors (Lipinski definition) is 4. The molecule has 1 aliphatic carbocycles. The van der Waals surface area contributed by atoms with Crippen molar-refractivity contribution in [3.63, 3.8) is 0 Å². The zero-order chi connectivity index (χ0) is 14.7. The van der Waals surface area contributed by atoms with E-state index in [1.807, 2.05) is 11.4 Å². The first-order valence-corrected chi connectivity index (χ1v) is 7.18. The van der Waals surface area contributed by atoms with Crippen LogP contribution < -0.4 is 5.32 Å². The number of aryl methyl sites for hydroxylation is 1. The minimum atomic E-state index is -1.39. The molecular formula is C13H15NO5S. The van der Waals surface area contributed by atoms with Crippen LogP contribution in [0.4, 0.5) is 0 Å². The van der Waals surface area contributed by atoms with Crippen molar-refractivity contribution in [2.24, 2.45) is 0 Å². The summed E-state index contributed by atoms with van der Waals surface area (Å²) in [7, 11) is 0. The highest BCUT2D eigenvalue weighted by Crippen LogP contribution is 2.35. The minimum absolute atomic E-state index is 0.374. The van der Waals surface area contributed by atoms with Crippen molar-refractivity contribution in [3.8, 4) is 0 Å². The van der Waals surface area contributed by atoms with E-state index in [-0.39, 0.29) is 5.92 Å². The fourth-order valence-corrected chi connectivity index (χ4v) is 3.39. The average Bonchev–Trinajstić information content (AvgIpc) is 2.84. The number of carbonyl (C=O) groups excluding carboxylic acids is 1. The number of carbonyl (C=O) groups is 3. The van der Waals surface area contributed by atoms with Crippen molar-refractivity contribution in [1.82, 2.24) is 5.32 Å². The lowest BCUT2D eigenvalue weighted by molar-refractivity contribution is -0.147. The van der Waals surface area contributed by atoms with Gasteiger partial charge in [0, 0.05) is 4.88 Å². The van der Waals surface area contributed by atoms with E-state index in [2.05, 4.69) is 5.32 Å². The van der Waals surface area contributed by atoms with E-state index >= 15 is 0 Å². The van der Waals surface area contributed by atoms with E-state index in [0.717, 1.165) is 23.3 Å². The molecule has 0 saturated carbocycles. The fourth-order valence-electron chi connectivity index (χ4n) is 2.41. The molecule has 0 bridgehead atoms. The van der Waals surface area contributed by atoms with Gasteiger partial charge in [0.2, 0.25) is 5.91 Å². The Kier molecular flexibility index (Phi) is 4.39. The fraction of sp³-hybridized carbons (Fsp3) is 0.462. The van der Waals surface area contributed by atoms with Crippen LogP contribution in [0, 0.1) is 0 Å². The predicted molar refractivity (Wildman–Crippen MR) is 71.8 cm³/mol. The SMILES string of the molecule is O=C(O)C[C@@H](NC(=O)C1CCCc2sccc21)C(=O)O. The quantitative estimate of drug-likeness (QED) is 0.758. The molecule has 0 fully saturated rings. The van der Waals surface area contributed by atoms with E-state index in [1.165, 1.54) is 0 Å². The summed E-state index contributed by atoms with van der Waals surface area (Å²) in [4.78, 5) is 34.9. The van der Waals surface area contributed by atoms with Crippen molar-refractivity contribution in [2.45, 2.75) is 37.6 Å². The number of thiophene rings is 1. The summed E-state index contributed by atoms with van der Waals surface area (Å²) in [5.41, 5.74) is 0.943. The number of amides is 1. The Hall–Kier alpha value is -1.89. The number of carboxylic acids is 2. The molecule has 0 saturated heterocycles. The van der Waals surface area contributed by atoms with Gasteiger partial charge in [-0.15, -0.1) is 11.3 Å². The predicted octanol–water partition coefficient (Wildman–Crippen LogP) is 1.21. The van der Waals surface area contributed by atoms with Crippen molar-refractivity contribution in [3.05, 3.63) is 21.9 Å². The molecule has 0 radical (unpaired) electrons. The van der Waals surface area contributed by atoms with Crippen molar-refractivity contribution in [2.75, 3.05) is 0 Å². The largest absolute Gasteiger partial charge is 0.481 e. The van der Waals surface area contributed by atoms with Crippen LogP contribution in [0.2, 0.25) is 0 Å². The van der Waals surface area contributed by atoms with Gasteiger partial charge in [-0.25, -0.2) is 4.79 Å². The molecular weight excluding hydrogens is 282 g/mol. The molecule has 0 aliphatic heterocycles. The number of carboxylic acid groups (broad SMARTS) is 2. The molecule has 0 spiro atoms. The Bertz CT molecular complexity index is 539. The van der Waals surface area contributed by atoms with Gasteiger partial charge in [-0.2, -0.15) is 0 Å².